The lowest BCUT2D eigenvalue weighted by atomic mass is 9.91. The molecule has 1 fully saturated rings. The number of hydrogen-bond acceptors (Lipinski definition) is 3. The summed E-state index contributed by atoms with van der Waals surface area (Å²) >= 11 is 0. The van der Waals surface area contributed by atoms with Crippen molar-refractivity contribution < 1.29 is 4.74 Å². The fraction of sp³-hybridized carbons (Fsp3) is 1.00. The minimum Gasteiger partial charge on any atom is -0.380 e. The Balaban J connectivity index is 2.65. The molecule has 84 valence electrons. The van der Waals surface area contributed by atoms with Crippen LogP contribution in [0.2, 0.25) is 0 Å². The van der Waals surface area contributed by atoms with Crippen molar-refractivity contribution in [1.29, 1.82) is 0 Å². The molecule has 2 N–H and O–H groups in total. The van der Waals surface area contributed by atoms with Crippen LogP contribution in [0.5, 0.6) is 0 Å². The normalized spacial score (nSPS) is 25.7. The number of ether oxygens (including phenoxy) is 1. The van der Waals surface area contributed by atoms with E-state index < -0.39 is 0 Å². The summed E-state index contributed by atoms with van der Waals surface area (Å²) in [6.45, 7) is 7.33. The van der Waals surface area contributed by atoms with Gasteiger partial charge in [0.1, 0.15) is 0 Å². The number of hydrogen-bond donors (Lipinski definition) is 1. The Bertz CT molecular complexity index is 169. The van der Waals surface area contributed by atoms with Crippen LogP contribution < -0.4 is 5.73 Å². The third-order valence-electron chi connectivity index (χ3n) is 3.72. The molecule has 0 aliphatic carbocycles. The van der Waals surface area contributed by atoms with Crippen LogP contribution in [-0.4, -0.2) is 43.3 Å². The highest BCUT2D eigenvalue weighted by molar-refractivity contribution is 4.93. The summed E-state index contributed by atoms with van der Waals surface area (Å²) in [5.74, 6) is 0. The third-order valence-corrected chi connectivity index (χ3v) is 3.72. The predicted molar refractivity (Wildman–Crippen MR) is 59.4 cm³/mol. The van der Waals surface area contributed by atoms with Crippen molar-refractivity contribution >= 4 is 0 Å². The molecule has 14 heavy (non-hydrogen) atoms. The van der Waals surface area contributed by atoms with E-state index in [0.29, 0.717) is 6.54 Å². The molecule has 1 rings (SSSR count). The summed E-state index contributed by atoms with van der Waals surface area (Å²) in [6.07, 6.45) is 4.15. The van der Waals surface area contributed by atoms with E-state index in [9.17, 15) is 0 Å². The second-order valence-electron chi connectivity index (χ2n) is 4.49. The zero-order valence-electron chi connectivity index (χ0n) is 9.75. The highest BCUT2D eigenvalue weighted by atomic mass is 16.5. The van der Waals surface area contributed by atoms with Gasteiger partial charge in [0.15, 0.2) is 0 Å². The number of methoxy groups -OCH3 is 1. The summed E-state index contributed by atoms with van der Waals surface area (Å²) in [7, 11) is 1.77. The fourth-order valence-electron chi connectivity index (χ4n) is 2.21. The maximum atomic E-state index is 5.89. The lowest BCUT2D eigenvalue weighted by Crippen LogP contribution is -2.60. The quantitative estimate of drug-likeness (QED) is 0.741. The van der Waals surface area contributed by atoms with Crippen LogP contribution in [0.4, 0.5) is 0 Å². The van der Waals surface area contributed by atoms with Gasteiger partial charge in [0, 0.05) is 13.7 Å². The van der Waals surface area contributed by atoms with E-state index in [1.165, 1.54) is 32.4 Å². The van der Waals surface area contributed by atoms with E-state index in [1.807, 2.05) is 0 Å². The molecule has 0 aromatic rings. The standard InChI is InChI=1S/C11H24N2O/c1-10(14-3)11(2,9-12)13-7-5-4-6-8-13/h10H,4-9,12H2,1-3H3. The summed E-state index contributed by atoms with van der Waals surface area (Å²) in [6, 6.07) is 0. The Hall–Kier alpha value is -0.120. The predicted octanol–water partition coefficient (Wildman–Crippen LogP) is 1.22. The van der Waals surface area contributed by atoms with E-state index in [1.54, 1.807) is 7.11 Å². The summed E-state index contributed by atoms with van der Waals surface area (Å²) in [5.41, 5.74) is 5.90. The van der Waals surface area contributed by atoms with E-state index in [-0.39, 0.29) is 11.6 Å². The Morgan fingerprint density at radius 2 is 1.93 bits per heavy atom. The highest BCUT2D eigenvalue weighted by Gasteiger charge is 2.36. The van der Waals surface area contributed by atoms with Crippen LogP contribution in [0.15, 0.2) is 0 Å². The molecule has 0 spiro atoms. The zero-order chi connectivity index (χ0) is 10.6. The molecule has 1 heterocycles. The van der Waals surface area contributed by atoms with Crippen molar-refractivity contribution in [2.24, 2.45) is 5.73 Å². The average molecular weight is 200 g/mol. The van der Waals surface area contributed by atoms with E-state index in [0.717, 1.165) is 0 Å². The minimum atomic E-state index is 0.00910. The fourth-order valence-corrected chi connectivity index (χ4v) is 2.21. The molecule has 1 saturated heterocycles. The molecule has 0 bridgehead atoms. The summed E-state index contributed by atoms with van der Waals surface area (Å²) in [5, 5.41) is 0. The van der Waals surface area contributed by atoms with Crippen molar-refractivity contribution in [3.63, 3.8) is 0 Å². The van der Waals surface area contributed by atoms with Gasteiger partial charge in [-0.2, -0.15) is 0 Å². The first-order chi connectivity index (χ1) is 6.65. The molecule has 1 aliphatic heterocycles. The second kappa shape index (κ2) is 5.10. The van der Waals surface area contributed by atoms with Crippen LogP contribution in [0.1, 0.15) is 33.1 Å². The van der Waals surface area contributed by atoms with Gasteiger partial charge in [0.2, 0.25) is 0 Å². The van der Waals surface area contributed by atoms with Crippen molar-refractivity contribution in [3.05, 3.63) is 0 Å². The van der Waals surface area contributed by atoms with E-state index in [4.69, 9.17) is 10.5 Å². The number of nitrogens with zero attached hydrogens (tertiary/aromatic N) is 1. The Labute approximate surface area is 87.6 Å². The van der Waals surface area contributed by atoms with E-state index in [2.05, 4.69) is 18.7 Å². The maximum Gasteiger partial charge on any atom is 0.0736 e. The van der Waals surface area contributed by atoms with Gasteiger partial charge in [0.25, 0.3) is 0 Å². The molecule has 3 heteroatoms. The van der Waals surface area contributed by atoms with Crippen LogP contribution in [-0.2, 0) is 4.74 Å². The maximum absolute atomic E-state index is 5.89. The SMILES string of the molecule is COC(C)C(C)(CN)N1CCCCC1. The summed E-state index contributed by atoms with van der Waals surface area (Å²) < 4.78 is 5.44. The molecule has 2 atom stereocenters. The molecular weight excluding hydrogens is 176 g/mol. The van der Waals surface area contributed by atoms with Crippen LogP contribution in [0, 0.1) is 0 Å². The summed E-state index contributed by atoms with van der Waals surface area (Å²) in [4.78, 5) is 2.49. The lowest BCUT2D eigenvalue weighted by Gasteiger charge is -2.45. The number of rotatable bonds is 4. The van der Waals surface area contributed by atoms with Crippen molar-refractivity contribution in [2.75, 3.05) is 26.7 Å². The lowest BCUT2D eigenvalue weighted by molar-refractivity contribution is -0.0385. The molecule has 3 nitrogen and oxygen atoms in total. The molecule has 1 aliphatic rings. The third kappa shape index (κ3) is 2.27. The van der Waals surface area contributed by atoms with Gasteiger partial charge in [-0.1, -0.05) is 6.42 Å². The van der Waals surface area contributed by atoms with Gasteiger partial charge in [-0.3, -0.25) is 4.90 Å². The molecule has 0 radical (unpaired) electrons. The minimum absolute atomic E-state index is 0.00910. The van der Waals surface area contributed by atoms with Crippen molar-refractivity contribution in [1.82, 2.24) is 4.90 Å². The van der Waals surface area contributed by atoms with Gasteiger partial charge in [0.05, 0.1) is 11.6 Å². The Kier molecular flexibility index (Phi) is 4.35. The molecule has 2 unspecified atom stereocenters. The monoisotopic (exact) mass is 200 g/mol. The Morgan fingerprint density at radius 1 is 1.36 bits per heavy atom. The van der Waals surface area contributed by atoms with Crippen LogP contribution in [0.25, 0.3) is 0 Å². The first-order valence-corrected chi connectivity index (χ1v) is 5.63. The van der Waals surface area contributed by atoms with Gasteiger partial charge in [-0.15, -0.1) is 0 Å². The van der Waals surface area contributed by atoms with Gasteiger partial charge in [-0.25, -0.2) is 0 Å². The smallest absolute Gasteiger partial charge is 0.0736 e. The van der Waals surface area contributed by atoms with Crippen LogP contribution >= 0.6 is 0 Å². The molecule has 0 aromatic heterocycles. The van der Waals surface area contributed by atoms with Crippen molar-refractivity contribution in [2.45, 2.75) is 44.8 Å². The molecule has 0 amide bonds. The molecule has 0 saturated carbocycles. The second-order valence-corrected chi connectivity index (χ2v) is 4.49. The van der Waals surface area contributed by atoms with Gasteiger partial charge >= 0.3 is 0 Å². The number of piperidine rings is 1. The zero-order valence-corrected chi connectivity index (χ0v) is 9.75. The van der Waals surface area contributed by atoms with E-state index >= 15 is 0 Å². The first kappa shape index (κ1) is 12.0. The number of likely N-dealkylation sites (tertiary alicyclic amines) is 1. The molecular formula is C11H24N2O. The van der Waals surface area contributed by atoms with Gasteiger partial charge in [-0.05, 0) is 39.8 Å². The highest BCUT2D eigenvalue weighted by Crippen LogP contribution is 2.24. The van der Waals surface area contributed by atoms with Gasteiger partial charge < -0.3 is 10.5 Å². The molecule has 0 aromatic carbocycles. The topological polar surface area (TPSA) is 38.5 Å². The van der Waals surface area contributed by atoms with Crippen molar-refractivity contribution in [3.8, 4) is 0 Å². The average Bonchev–Trinajstić information content (AvgIpc) is 2.28. The first-order valence-electron chi connectivity index (χ1n) is 5.63. The number of nitrogens with two attached hydrogens (primary N) is 1. The van der Waals surface area contributed by atoms with Crippen LogP contribution in [0.3, 0.4) is 0 Å². The largest absolute Gasteiger partial charge is 0.380 e. The Morgan fingerprint density at radius 3 is 2.36 bits per heavy atom.